The van der Waals surface area contributed by atoms with E-state index in [2.05, 4.69) is 27.7 Å². The van der Waals surface area contributed by atoms with Gasteiger partial charge < -0.3 is 15.0 Å². The number of nitrogens with zero attached hydrogens (tertiary/aromatic N) is 1. The van der Waals surface area contributed by atoms with Gasteiger partial charge in [0, 0.05) is 6.42 Å². The SMILES string of the molecule is C1CCCCC1.O=C1CCC(N2CCOc3c(C4CCNCC4)cccc32)C(=O)N1. The smallest absolute Gasteiger partial charge is 0.249 e. The van der Waals surface area contributed by atoms with E-state index in [4.69, 9.17) is 4.74 Å². The van der Waals surface area contributed by atoms with Crippen molar-refractivity contribution in [3.63, 3.8) is 0 Å². The molecule has 1 aromatic carbocycles. The molecule has 1 aliphatic carbocycles. The van der Waals surface area contributed by atoms with Gasteiger partial charge in [-0.1, -0.05) is 50.7 Å². The molecule has 2 saturated heterocycles. The van der Waals surface area contributed by atoms with Crippen LogP contribution in [0.5, 0.6) is 5.75 Å². The van der Waals surface area contributed by atoms with Crippen molar-refractivity contribution in [3.05, 3.63) is 23.8 Å². The van der Waals surface area contributed by atoms with Gasteiger partial charge in [0.05, 0.1) is 12.2 Å². The molecule has 2 N–H and O–H groups in total. The molecule has 3 fully saturated rings. The predicted octanol–water partition coefficient (Wildman–Crippen LogP) is 3.50. The lowest BCUT2D eigenvalue weighted by molar-refractivity contribution is -0.134. The number of hydrogen-bond donors (Lipinski definition) is 2. The number of nitrogens with one attached hydrogen (secondary N) is 2. The van der Waals surface area contributed by atoms with Gasteiger partial charge in [0.1, 0.15) is 18.4 Å². The van der Waals surface area contributed by atoms with Crippen LogP contribution in [0, 0.1) is 0 Å². The van der Waals surface area contributed by atoms with Gasteiger partial charge in [-0.3, -0.25) is 14.9 Å². The van der Waals surface area contributed by atoms with E-state index < -0.39 is 0 Å². The van der Waals surface area contributed by atoms with Crippen molar-refractivity contribution in [3.8, 4) is 5.75 Å². The first-order valence-corrected chi connectivity index (χ1v) is 11.8. The third-order valence-corrected chi connectivity index (χ3v) is 6.78. The number of carbonyl (C=O) groups excluding carboxylic acids is 2. The maximum absolute atomic E-state index is 12.3. The third kappa shape index (κ3) is 4.97. The van der Waals surface area contributed by atoms with Crippen LogP contribution in [0.2, 0.25) is 0 Å². The van der Waals surface area contributed by atoms with Gasteiger partial charge in [-0.25, -0.2) is 0 Å². The van der Waals surface area contributed by atoms with Gasteiger partial charge in [-0.2, -0.15) is 0 Å². The van der Waals surface area contributed by atoms with Crippen LogP contribution in [0.1, 0.15) is 75.7 Å². The zero-order valence-electron chi connectivity index (χ0n) is 18.0. The number of benzene rings is 1. The van der Waals surface area contributed by atoms with E-state index in [0.717, 1.165) is 37.4 Å². The van der Waals surface area contributed by atoms with Crippen molar-refractivity contribution in [2.45, 2.75) is 76.2 Å². The summed E-state index contributed by atoms with van der Waals surface area (Å²) in [5.74, 6) is 1.07. The van der Waals surface area contributed by atoms with Crippen LogP contribution in [-0.2, 0) is 9.59 Å². The summed E-state index contributed by atoms with van der Waals surface area (Å²) >= 11 is 0. The number of anilines is 1. The highest BCUT2D eigenvalue weighted by Gasteiger charge is 2.35. The molecule has 1 atom stereocenters. The number of ether oxygens (including phenoxy) is 1. The van der Waals surface area contributed by atoms with E-state index in [1.54, 1.807) is 0 Å². The molecule has 0 aromatic heterocycles. The van der Waals surface area contributed by atoms with Crippen molar-refractivity contribution in [2.24, 2.45) is 0 Å². The van der Waals surface area contributed by atoms with Crippen LogP contribution < -0.4 is 20.3 Å². The summed E-state index contributed by atoms with van der Waals surface area (Å²) in [6, 6.07) is 5.96. The highest BCUT2D eigenvalue weighted by atomic mass is 16.5. The van der Waals surface area contributed by atoms with Crippen molar-refractivity contribution in [2.75, 3.05) is 31.1 Å². The minimum absolute atomic E-state index is 0.173. The largest absolute Gasteiger partial charge is 0.489 e. The molecule has 3 heterocycles. The Bertz CT molecular complexity index is 730. The first-order chi connectivity index (χ1) is 14.7. The van der Waals surface area contributed by atoms with Crippen LogP contribution in [-0.4, -0.2) is 44.1 Å². The van der Waals surface area contributed by atoms with Crippen LogP contribution >= 0.6 is 0 Å². The second-order valence-electron chi connectivity index (χ2n) is 8.85. The van der Waals surface area contributed by atoms with E-state index >= 15 is 0 Å². The fraction of sp³-hybridized carbons (Fsp3) is 0.667. The number of hydrogen-bond acceptors (Lipinski definition) is 5. The molecule has 1 aromatic rings. The third-order valence-electron chi connectivity index (χ3n) is 6.78. The fourth-order valence-corrected chi connectivity index (χ4v) is 5.11. The van der Waals surface area contributed by atoms with Gasteiger partial charge in [0.15, 0.2) is 0 Å². The maximum Gasteiger partial charge on any atom is 0.249 e. The summed E-state index contributed by atoms with van der Waals surface area (Å²) in [6.07, 6.45) is 12.2. The lowest BCUT2D eigenvalue weighted by Gasteiger charge is -2.39. The standard InChI is InChI=1S/C18H23N3O3.C6H12/c22-16-5-4-15(18(23)20-16)21-10-11-24-17-13(2-1-3-14(17)21)12-6-8-19-9-7-12;1-2-4-6-5-3-1/h1-3,12,15,19H,4-11H2,(H,20,22,23);1-6H2. The first kappa shape index (κ1) is 21.2. The van der Waals surface area contributed by atoms with Gasteiger partial charge in [0.2, 0.25) is 11.8 Å². The quantitative estimate of drug-likeness (QED) is 0.726. The Labute approximate surface area is 179 Å². The first-order valence-electron chi connectivity index (χ1n) is 11.8. The van der Waals surface area contributed by atoms with Gasteiger partial charge in [-0.15, -0.1) is 0 Å². The number of fused-ring (bicyclic) bond motifs is 1. The molecule has 3 aliphatic heterocycles. The Hall–Kier alpha value is -2.08. The molecule has 5 rings (SSSR count). The minimum atomic E-state index is -0.284. The Morgan fingerprint density at radius 1 is 0.933 bits per heavy atom. The Balaban J connectivity index is 0.000000313. The molecular formula is C24H35N3O3. The minimum Gasteiger partial charge on any atom is -0.489 e. The van der Waals surface area contributed by atoms with Crippen molar-refractivity contribution < 1.29 is 14.3 Å². The van der Waals surface area contributed by atoms with Crippen molar-refractivity contribution in [1.82, 2.24) is 10.6 Å². The second-order valence-corrected chi connectivity index (χ2v) is 8.85. The van der Waals surface area contributed by atoms with Crippen LogP contribution in [0.3, 0.4) is 0 Å². The molecule has 0 spiro atoms. The van der Waals surface area contributed by atoms with Crippen LogP contribution in [0.25, 0.3) is 0 Å². The molecule has 30 heavy (non-hydrogen) atoms. The Morgan fingerprint density at radius 3 is 2.30 bits per heavy atom. The lowest BCUT2D eigenvalue weighted by atomic mass is 9.88. The molecule has 1 saturated carbocycles. The van der Waals surface area contributed by atoms with Crippen LogP contribution in [0.15, 0.2) is 18.2 Å². The average molecular weight is 414 g/mol. The summed E-state index contributed by atoms with van der Waals surface area (Å²) in [6.45, 7) is 3.32. The van der Waals surface area contributed by atoms with Gasteiger partial charge >= 0.3 is 0 Å². The zero-order valence-corrected chi connectivity index (χ0v) is 18.0. The molecule has 4 aliphatic rings. The molecule has 1 unspecified atom stereocenters. The number of para-hydroxylation sites is 1. The normalized spacial score (nSPS) is 24.8. The van der Waals surface area contributed by atoms with Gasteiger partial charge in [-0.05, 0) is 49.9 Å². The number of carbonyl (C=O) groups is 2. The van der Waals surface area contributed by atoms with E-state index in [1.807, 2.05) is 6.07 Å². The van der Waals surface area contributed by atoms with Crippen LogP contribution in [0.4, 0.5) is 5.69 Å². The maximum atomic E-state index is 12.3. The summed E-state index contributed by atoms with van der Waals surface area (Å²) in [5, 5.41) is 5.87. The van der Waals surface area contributed by atoms with E-state index in [0.29, 0.717) is 31.9 Å². The molecule has 164 valence electrons. The number of amides is 2. The van der Waals surface area contributed by atoms with Crippen molar-refractivity contribution >= 4 is 17.5 Å². The fourth-order valence-electron chi connectivity index (χ4n) is 5.11. The summed E-state index contributed by atoms with van der Waals surface area (Å²) in [4.78, 5) is 25.8. The lowest BCUT2D eigenvalue weighted by Crippen LogP contribution is -2.54. The molecule has 0 bridgehead atoms. The predicted molar refractivity (Wildman–Crippen MR) is 118 cm³/mol. The molecule has 6 heteroatoms. The number of imide groups is 1. The van der Waals surface area contributed by atoms with E-state index in [9.17, 15) is 9.59 Å². The second kappa shape index (κ2) is 10.3. The molecule has 6 nitrogen and oxygen atoms in total. The highest BCUT2D eigenvalue weighted by Crippen LogP contribution is 2.42. The molecule has 2 amide bonds. The highest BCUT2D eigenvalue weighted by molar-refractivity contribution is 6.01. The Morgan fingerprint density at radius 2 is 1.63 bits per heavy atom. The zero-order chi connectivity index (χ0) is 20.8. The number of rotatable bonds is 2. The molecule has 0 radical (unpaired) electrons. The van der Waals surface area contributed by atoms with E-state index in [-0.39, 0.29) is 17.9 Å². The summed E-state index contributed by atoms with van der Waals surface area (Å²) < 4.78 is 6.02. The summed E-state index contributed by atoms with van der Waals surface area (Å²) in [5.41, 5.74) is 2.25. The van der Waals surface area contributed by atoms with E-state index in [1.165, 1.54) is 44.1 Å². The monoisotopic (exact) mass is 413 g/mol. The topological polar surface area (TPSA) is 70.7 Å². The molecular weight excluding hydrogens is 378 g/mol. The van der Waals surface area contributed by atoms with Gasteiger partial charge in [0.25, 0.3) is 0 Å². The average Bonchev–Trinajstić information content (AvgIpc) is 2.81. The Kier molecular flexibility index (Phi) is 7.26. The number of piperidine rings is 2. The summed E-state index contributed by atoms with van der Waals surface area (Å²) in [7, 11) is 0. The van der Waals surface area contributed by atoms with Crippen molar-refractivity contribution in [1.29, 1.82) is 0 Å².